The summed E-state index contributed by atoms with van der Waals surface area (Å²) in [4.78, 5) is 11.6. The van der Waals surface area contributed by atoms with E-state index < -0.39 is 6.10 Å². The topological polar surface area (TPSA) is 61.4 Å². The van der Waals surface area contributed by atoms with Crippen LogP contribution in [0.2, 0.25) is 0 Å². The fourth-order valence-corrected chi connectivity index (χ4v) is 1.24. The molecule has 15 heavy (non-hydrogen) atoms. The van der Waals surface area contributed by atoms with Gasteiger partial charge in [-0.15, -0.1) is 0 Å². The second-order valence-corrected chi connectivity index (χ2v) is 4.35. The van der Waals surface area contributed by atoms with Crippen LogP contribution >= 0.6 is 0 Å². The standard InChI is InChI=1S/C11H20N2O2/c1-7(2)10(14)6-13-11(15)8(3)9-4-12-5-9/h7,10,12,14H,4-6H2,1-3H3,(H,13,15). The third-order valence-electron chi connectivity index (χ3n) is 2.79. The smallest absolute Gasteiger partial charge is 0.247 e. The average molecular weight is 212 g/mol. The Bertz CT molecular complexity index is 266. The summed E-state index contributed by atoms with van der Waals surface area (Å²) in [6.45, 7) is 7.63. The minimum absolute atomic E-state index is 0.0637. The van der Waals surface area contributed by atoms with Crippen LogP contribution < -0.4 is 10.6 Å². The predicted octanol–water partition coefficient (Wildman–Crippen LogP) is 0.0392. The fourth-order valence-electron chi connectivity index (χ4n) is 1.24. The molecule has 0 aliphatic carbocycles. The van der Waals surface area contributed by atoms with Crippen molar-refractivity contribution in [2.75, 3.05) is 19.6 Å². The van der Waals surface area contributed by atoms with Crippen molar-refractivity contribution in [3.63, 3.8) is 0 Å². The Hall–Kier alpha value is -0.870. The molecule has 0 radical (unpaired) electrons. The first-order chi connectivity index (χ1) is 7.02. The van der Waals surface area contributed by atoms with Gasteiger partial charge in [-0.1, -0.05) is 13.8 Å². The highest BCUT2D eigenvalue weighted by Crippen LogP contribution is 2.08. The SMILES string of the molecule is CC(C(=O)NCC(O)C(C)C)=C1CNC1. The fraction of sp³-hybridized carbons (Fsp3) is 0.727. The van der Waals surface area contributed by atoms with Crippen molar-refractivity contribution in [1.82, 2.24) is 10.6 Å². The monoisotopic (exact) mass is 212 g/mol. The van der Waals surface area contributed by atoms with Crippen LogP contribution in [0, 0.1) is 5.92 Å². The van der Waals surface area contributed by atoms with Crippen molar-refractivity contribution in [3.05, 3.63) is 11.1 Å². The predicted molar refractivity (Wildman–Crippen MR) is 59.4 cm³/mol. The highest BCUT2D eigenvalue weighted by molar-refractivity contribution is 5.93. The molecule has 0 aromatic rings. The first-order valence-electron chi connectivity index (χ1n) is 5.38. The number of amides is 1. The summed E-state index contributed by atoms with van der Waals surface area (Å²) in [5.41, 5.74) is 1.94. The minimum atomic E-state index is -0.466. The van der Waals surface area contributed by atoms with Crippen LogP contribution in [0.1, 0.15) is 20.8 Å². The van der Waals surface area contributed by atoms with E-state index in [1.807, 2.05) is 20.8 Å². The molecular weight excluding hydrogens is 192 g/mol. The molecule has 4 heteroatoms. The van der Waals surface area contributed by atoms with Gasteiger partial charge in [-0.2, -0.15) is 0 Å². The molecule has 0 aromatic heterocycles. The molecule has 1 heterocycles. The Kier molecular flexibility index (Phi) is 4.29. The van der Waals surface area contributed by atoms with Gasteiger partial charge in [-0.25, -0.2) is 0 Å². The van der Waals surface area contributed by atoms with E-state index in [1.54, 1.807) is 0 Å². The van der Waals surface area contributed by atoms with E-state index >= 15 is 0 Å². The van der Waals surface area contributed by atoms with Gasteiger partial charge in [-0.05, 0) is 18.4 Å². The van der Waals surface area contributed by atoms with Crippen molar-refractivity contribution in [2.45, 2.75) is 26.9 Å². The van der Waals surface area contributed by atoms with Gasteiger partial charge >= 0.3 is 0 Å². The van der Waals surface area contributed by atoms with Gasteiger partial charge in [0, 0.05) is 25.2 Å². The van der Waals surface area contributed by atoms with Crippen LogP contribution in [-0.2, 0) is 4.79 Å². The molecule has 0 bridgehead atoms. The van der Waals surface area contributed by atoms with Gasteiger partial charge < -0.3 is 15.7 Å². The first kappa shape index (κ1) is 12.2. The lowest BCUT2D eigenvalue weighted by atomic mass is 10.0. The molecule has 1 aliphatic heterocycles. The molecular formula is C11H20N2O2. The number of aliphatic hydroxyl groups is 1. The molecule has 1 fully saturated rings. The molecule has 0 spiro atoms. The number of hydrogen-bond donors (Lipinski definition) is 3. The molecule has 1 rings (SSSR count). The quantitative estimate of drug-likeness (QED) is 0.577. The Morgan fingerprint density at radius 3 is 2.53 bits per heavy atom. The number of carbonyl (C=O) groups is 1. The second-order valence-electron chi connectivity index (χ2n) is 4.35. The Labute approximate surface area is 90.7 Å². The summed E-state index contributed by atoms with van der Waals surface area (Å²) in [6, 6.07) is 0. The van der Waals surface area contributed by atoms with Gasteiger partial charge in [0.25, 0.3) is 0 Å². The normalized spacial score (nSPS) is 17.3. The molecule has 1 amide bonds. The number of aliphatic hydroxyl groups excluding tert-OH is 1. The van der Waals surface area contributed by atoms with E-state index in [4.69, 9.17) is 0 Å². The molecule has 0 aromatic carbocycles. The Morgan fingerprint density at radius 2 is 2.13 bits per heavy atom. The number of nitrogens with one attached hydrogen (secondary N) is 2. The third-order valence-corrected chi connectivity index (χ3v) is 2.79. The molecule has 4 nitrogen and oxygen atoms in total. The largest absolute Gasteiger partial charge is 0.391 e. The molecule has 1 aliphatic rings. The summed E-state index contributed by atoms with van der Waals surface area (Å²) >= 11 is 0. The van der Waals surface area contributed by atoms with Crippen LogP contribution in [0.5, 0.6) is 0 Å². The molecule has 1 saturated heterocycles. The van der Waals surface area contributed by atoms with Crippen LogP contribution in [-0.4, -0.2) is 36.8 Å². The number of carbonyl (C=O) groups excluding carboxylic acids is 1. The summed E-state index contributed by atoms with van der Waals surface area (Å²) in [6.07, 6.45) is -0.466. The molecule has 86 valence electrons. The molecule has 3 N–H and O–H groups in total. The zero-order valence-electron chi connectivity index (χ0n) is 9.63. The average Bonchev–Trinajstić information content (AvgIpc) is 2.10. The van der Waals surface area contributed by atoms with Gasteiger partial charge in [0.1, 0.15) is 0 Å². The molecule has 0 saturated carbocycles. The van der Waals surface area contributed by atoms with E-state index in [2.05, 4.69) is 10.6 Å². The minimum Gasteiger partial charge on any atom is -0.391 e. The van der Waals surface area contributed by atoms with Crippen LogP contribution in [0.3, 0.4) is 0 Å². The summed E-state index contributed by atoms with van der Waals surface area (Å²) in [5, 5.41) is 15.4. The van der Waals surface area contributed by atoms with E-state index in [0.717, 1.165) is 24.2 Å². The zero-order valence-corrected chi connectivity index (χ0v) is 9.63. The van der Waals surface area contributed by atoms with Crippen molar-refractivity contribution in [3.8, 4) is 0 Å². The Balaban J connectivity index is 2.36. The lowest BCUT2D eigenvalue weighted by Gasteiger charge is -2.22. The summed E-state index contributed by atoms with van der Waals surface area (Å²) in [5.74, 6) is 0.106. The highest BCUT2D eigenvalue weighted by atomic mass is 16.3. The van der Waals surface area contributed by atoms with Crippen molar-refractivity contribution >= 4 is 5.91 Å². The third kappa shape index (κ3) is 3.32. The first-order valence-corrected chi connectivity index (χ1v) is 5.38. The number of hydrogen-bond acceptors (Lipinski definition) is 3. The number of rotatable bonds is 4. The maximum Gasteiger partial charge on any atom is 0.247 e. The van der Waals surface area contributed by atoms with Crippen molar-refractivity contribution in [2.24, 2.45) is 5.92 Å². The maximum absolute atomic E-state index is 11.6. The van der Waals surface area contributed by atoms with Crippen LogP contribution in [0.25, 0.3) is 0 Å². The van der Waals surface area contributed by atoms with Crippen molar-refractivity contribution < 1.29 is 9.90 Å². The van der Waals surface area contributed by atoms with Gasteiger partial charge in [-0.3, -0.25) is 4.79 Å². The lowest BCUT2D eigenvalue weighted by molar-refractivity contribution is -0.118. The van der Waals surface area contributed by atoms with Crippen LogP contribution in [0.15, 0.2) is 11.1 Å². The molecule has 1 unspecified atom stereocenters. The lowest BCUT2D eigenvalue weighted by Crippen LogP contribution is -2.39. The van der Waals surface area contributed by atoms with Crippen LogP contribution in [0.4, 0.5) is 0 Å². The van der Waals surface area contributed by atoms with Crippen molar-refractivity contribution in [1.29, 1.82) is 0 Å². The summed E-state index contributed by atoms with van der Waals surface area (Å²) in [7, 11) is 0. The van der Waals surface area contributed by atoms with E-state index in [1.165, 1.54) is 0 Å². The maximum atomic E-state index is 11.6. The van der Waals surface area contributed by atoms with E-state index in [0.29, 0.717) is 6.54 Å². The zero-order chi connectivity index (χ0) is 11.4. The van der Waals surface area contributed by atoms with Gasteiger partial charge in [0.2, 0.25) is 5.91 Å². The van der Waals surface area contributed by atoms with E-state index in [-0.39, 0.29) is 11.8 Å². The second kappa shape index (κ2) is 5.28. The molecule has 1 atom stereocenters. The Morgan fingerprint density at radius 1 is 1.53 bits per heavy atom. The van der Waals surface area contributed by atoms with E-state index in [9.17, 15) is 9.90 Å². The van der Waals surface area contributed by atoms with Gasteiger partial charge in [0.15, 0.2) is 0 Å². The summed E-state index contributed by atoms with van der Waals surface area (Å²) < 4.78 is 0. The highest BCUT2D eigenvalue weighted by Gasteiger charge is 2.17. The van der Waals surface area contributed by atoms with Gasteiger partial charge in [0.05, 0.1) is 6.10 Å².